The Hall–Kier alpha value is -2.41. The number of likely N-dealkylation sites (tertiary alicyclic amines) is 1. The molecule has 3 saturated heterocycles. The molecule has 0 saturated carbocycles. The van der Waals surface area contributed by atoms with Crippen molar-refractivity contribution in [2.45, 2.75) is 44.6 Å². The van der Waals surface area contributed by atoms with Gasteiger partial charge in [-0.15, -0.1) is 0 Å². The molecule has 0 bridgehead atoms. The van der Waals surface area contributed by atoms with Crippen molar-refractivity contribution in [2.24, 2.45) is 5.92 Å². The number of ether oxygens (including phenoxy) is 1. The number of hydrogen-bond acceptors (Lipinski definition) is 5. The lowest BCUT2D eigenvalue weighted by molar-refractivity contribution is -0.134. The third-order valence-corrected chi connectivity index (χ3v) is 6.92. The third kappa shape index (κ3) is 3.39. The van der Waals surface area contributed by atoms with Crippen LogP contribution in [0.1, 0.15) is 59.2 Å². The Bertz CT molecular complexity index is 858. The fourth-order valence-electron chi connectivity index (χ4n) is 5.33. The predicted octanol–water partition coefficient (Wildman–Crippen LogP) is 2.30. The Morgan fingerprint density at radius 2 is 1.83 bits per heavy atom. The monoisotopic (exact) mass is 411 g/mol. The standard InChI is InChI=1S/C23H29N3O4/c27-21(24-10-1-2-11-24)16-6-4-12-25(14-16)19-9-3-8-18-20(19)23(29)26(22(18)28)15-17-7-5-13-30-17/h3,8-9,16-17H,1-2,4-7,10-15H2/t16-,17-/m0/s1. The van der Waals surface area contributed by atoms with Gasteiger partial charge in [-0.3, -0.25) is 19.3 Å². The normalized spacial score (nSPS) is 26.6. The Morgan fingerprint density at radius 3 is 2.60 bits per heavy atom. The molecule has 0 aromatic heterocycles. The lowest BCUT2D eigenvalue weighted by Gasteiger charge is -2.36. The molecular formula is C23H29N3O4. The first-order chi connectivity index (χ1) is 14.6. The van der Waals surface area contributed by atoms with E-state index in [9.17, 15) is 14.4 Å². The largest absolute Gasteiger partial charge is 0.376 e. The number of benzene rings is 1. The van der Waals surface area contributed by atoms with Gasteiger partial charge in [0, 0.05) is 32.8 Å². The van der Waals surface area contributed by atoms with Gasteiger partial charge < -0.3 is 14.5 Å². The van der Waals surface area contributed by atoms with Crippen LogP contribution < -0.4 is 4.90 Å². The van der Waals surface area contributed by atoms with Crippen molar-refractivity contribution in [1.29, 1.82) is 0 Å². The Kier molecular flexibility index (Phi) is 5.23. The maximum absolute atomic E-state index is 13.2. The maximum atomic E-state index is 13.2. The number of piperidine rings is 1. The zero-order valence-corrected chi connectivity index (χ0v) is 17.3. The molecule has 7 nitrogen and oxygen atoms in total. The fraction of sp³-hybridized carbons (Fsp3) is 0.609. The van der Waals surface area contributed by atoms with Crippen molar-refractivity contribution >= 4 is 23.4 Å². The Balaban J connectivity index is 1.37. The van der Waals surface area contributed by atoms with Crippen LogP contribution in [0.5, 0.6) is 0 Å². The van der Waals surface area contributed by atoms with Crippen molar-refractivity contribution in [3.05, 3.63) is 29.3 Å². The summed E-state index contributed by atoms with van der Waals surface area (Å²) in [5, 5.41) is 0. The molecule has 3 fully saturated rings. The second-order valence-electron chi connectivity index (χ2n) is 8.87. The zero-order valence-electron chi connectivity index (χ0n) is 17.3. The smallest absolute Gasteiger partial charge is 0.263 e. The first-order valence-corrected chi connectivity index (χ1v) is 11.3. The third-order valence-electron chi connectivity index (χ3n) is 6.92. The molecule has 7 heteroatoms. The molecule has 4 heterocycles. The number of fused-ring (bicyclic) bond motifs is 1. The fourth-order valence-corrected chi connectivity index (χ4v) is 5.33. The van der Waals surface area contributed by atoms with E-state index in [-0.39, 0.29) is 29.7 Å². The molecule has 1 aromatic rings. The van der Waals surface area contributed by atoms with Crippen LogP contribution in [-0.4, -0.2) is 73.0 Å². The summed E-state index contributed by atoms with van der Waals surface area (Å²) < 4.78 is 5.65. The molecule has 0 N–H and O–H groups in total. The van der Waals surface area contributed by atoms with Crippen LogP contribution >= 0.6 is 0 Å². The molecule has 0 spiro atoms. The molecular weight excluding hydrogens is 382 g/mol. The van der Waals surface area contributed by atoms with E-state index >= 15 is 0 Å². The number of rotatable bonds is 4. The molecule has 4 aliphatic heterocycles. The minimum absolute atomic E-state index is 0.0390. The lowest BCUT2D eigenvalue weighted by atomic mass is 9.95. The average Bonchev–Trinajstić information content (AvgIpc) is 3.53. The summed E-state index contributed by atoms with van der Waals surface area (Å²) in [5.41, 5.74) is 1.76. The van der Waals surface area contributed by atoms with Crippen LogP contribution in [0.15, 0.2) is 18.2 Å². The maximum Gasteiger partial charge on any atom is 0.263 e. The van der Waals surface area contributed by atoms with Gasteiger partial charge >= 0.3 is 0 Å². The van der Waals surface area contributed by atoms with Crippen molar-refractivity contribution in [1.82, 2.24) is 9.80 Å². The molecule has 1 aromatic carbocycles. The van der Waals surface area contributed by atoms with E-state index in [4.69, 9.17) is 4.74 Å². The number of imide groups is 1. The van der Waals surface area contributed by atoms with Gasteiger partial charge in [0.1, 0.15) is 0 Å². The van der Waals surface area contributed by atoms with Crippen molar-refractivity contribution in [3.8, 4) is 0 Å². The predicted molar refractivity (Wildman–Crippen MR) is 112 cm³/mol. The number of anilines is 1. The van der Waals surface area contributed by atoms with Crippen LogP contribution in [0.2, 0.25) is 0 Å². The van der Waals surface area contributed by atoms with E-state index in [1.54, 1.807) is 6.07 Å². The van der Waals surface area contributed by atoms with E-state index in [1.165, 1.54) is 4.90 Å². The number of carbonyl (C=O) groups excluding carboxylic acids is 3. The molecule has 0 aliphatic carbocycles. The minimum Gasteiger partial charge on any atom is -0.376 e. The van der Waals surface area contributed by atoms with Crippen LogP contribution in [0.25, 0.3) is 0 Å². The summed E-state index contributed by atoms with van der Waals surface area (Å²) >= 11 is 0. The first-order valence-electron chi connectivity index (χ1n) is 11.3. The Labute approximate surface area is 176 Å². The molecule has 3 amide bonds. The van der Waals surface area contributed by atoms with Crippen LogP contribution in [0, 0.1) is 5.92 Å². The second-order valence-corrected chi connectivity index (χ2v) is 8.87. The number of carbonyl (C=O) groups is 3. The molecule has 0 radical (unpaired) electrons. The van der Waals surface area contributed by atoms with E-state index in [0.717, 1.165) is 63.8 Å². The summed E-state index contributed by atoms with van der Waals surface area (Å²) in [6.45, 7) is 4.15. The lowest BCUT2D eigenvalue weighted by Crippen LogP contribution is -2.44. The highest BCUT2D eigenvalue weighted by Crippen LogP contribution is 2.35. The second kappa shape index (κ2) is 8.02. The summed E-state index contributed by atoms with van der Waals surface area (Å²) in [4.78, 5) is 44.6. The molecule has 2 atom stereocenters. The van der Waals surface area contributed by atoms with Crippen LogP contribution in [0.4, 0.5) is 5.69 Å². The highest BCUT2D eigenvalue weighted by atomic mass is 16.5. The van der Waals surface area contributed by atoms with Gasteiger partial charge in [-0.05, 0) is 50.7 Å². The summed E-state index contributed by atoms with van der Waals surface area (Å²) in [6.07, 6.45) is 5.77. The topological polar surface area (TPSA) is 70.2 Å². The average molecular weight is 412 g/mol. The highest BCUT2D eigenvalue weighted by molar-refractivity contribution is 6.23. The molecule has 4 aliphatic rings. The quantitative estimate of drug-likeness (QED) is 0.711. The zero-order chi connectivity index (χ0) is 20.7. The molecule has 160 valence electrons. The van der Waals surface area contributed by atoms with E-state index in [0.29, 0.717) is 30.8 Å². The summed E-state index contributed by atoms with van der Waals surface area (Å²) in [7, 11) is 0. The van der Waals surface area contributed by atoms with Gasteiger partial charge in [-0.2, -0.15) is 0 Å². The van der Waals surface area contributed by atoms with Gasteiger partial charge in [-0.1, -0.05) is 6.07 Å². The summed E-state index contributed by atoms with van der Waals surface area (Å²) in [5.74, 6) is -0.252. The Morgan fingerprint density at radius 1 is 1.00 bits per heavy atom. The molecule has 30 heavy (non-hydrogen) atoms. The summed E-state index contributed by atoms with van der Waals surface area (Å²) in [6, 6.07) is 5.51. The van der Waals surface area contributed by atoms with Gasteiger partial charge in [0.25, 0.3) is 11.8 Å². The van der Waals surface area contributed by atoms with Crippen LogP contribution in [-0.2, 0) is 9.53 Å². The van der Waals surface area contributed by atoms with E-state index < -0.39 is 0 Å². The molecule has 0 unspecified atom stereocenters. The number of nitrogens with zero attached hydrogens (tertiary/aromatic N) is 3. The van der Waals surface area contributed by atoms with Gasteiger partial charge in [-0.25, -0.2) is 0 Å². The van der Waals surface area contributed by atoms with E-state index in [1.807, 2.05) is 17.0 Å². The molecule has 5 rings (SSSR count). The van der Waals surface area contributed by atoms with E-state index in [2.05, 4.69) is 4.90 Å². The first kappa shape index (κ1) is 19.5. The van der Waals surface area contributed by atoms with Crippen molar-refractivity contribution < 1.29 is 19.1 Å². The van der Waals surface area contributed by atoms with Gasteiger partial charge in [0.15, 0.2) is 0 Å². The van der Waals surface area contributed by atoms with Crippen molar-refractivity contribution in [3.63, 3.8) is 0 Å². The van der Waals surface area contributed by atoms with Crippen molar-refractivity contribution in [2.75, 3.05) is 44.2 Å². The van der Waals surface area contributed by atoms with Gasteiger partial charge in [0.05, 0.1) is 35.4 Å². The highest BCUT2D eigenvalue weighted by Gasteiger charge is 2.41. The number of hydrogen-bond donors (Lipinski definition) is 0. The van der Waals surface area contributed by atoms with Crippen LogP contribution in [0.3, 0.4) is 0 Å². The minimum atomic E-state index is -0.228. The SMILES string of the molecule is O=C([C@H]1CCCN(c2cccc3c2C(=O)N(C[C@@H]2CCCO2)C3=O)C1)N1CCCC1. The number of amides is 3. The van der Waals surface area contributed by atoms with Gasteiger partial charge in [0.2, 0.25) is 5.91 Å².